The van der Waals surface area contributed by atoms with Crippen LogP contribution < -0.4 is 5.32 Å². The van der Waals surface area contributed by atoms with Crippen molar-refractivity contribution >= 4 is 21.8 Å². The van der Waals surface area contributed by atoms with Gasteiger partial charge in [-0.2, -0.15) is 0 Å². The van der Waals surface area contributed by atoms with Crippen molar-refractivity contribution in [1.29, 1.82) is 0 Å². The summed E-state index contributed by atoms with van der Waals surface area (Å²) in [6, 6.07) is 4.40. The molecule has 1 N–H and O–H groups in total. The van der Waals surface area contributed by atoms with Crippen molar-refractivity contribution in [3.63, 3.8) is 0 Å². The molecule has 1 fully saturated rings. The number of ether oxygens (including phenoxy) is 2. The second-order valence-corrected chi connectivity index (χ2v) is 5.71. The quantitative estimate of drug-likeness (QED) is 0.761. The van der Waals surface area contributed by atoms with Crippen LogP contribution >= 0.6 is 15.9 Å². The summed E-state index contributed by atoms with van der Waals surface area (Å²) in [6.45, 7) is 2.51. The van der Waals surface area contributed by atoms with Gasteiger partial charge in [0.2, 0.25) is 0 Å². The minimum absolute atomic E-state index is 0.192. The first-order valence-corrected chi connectivity index (χ1v) is 7.89. The van der Waals surface area contributed by atoms with Gasteiger partial charge in [-0.3, -0.25) is 4.79 Å². The molecule has 0 aliphatic carbocycles. The van der Waals surface area contributed by atoms with E-state index in [4.69, 9.17) is 9.47 Å². The molecule has 1 saturated heterocycles. The lowest BCUT2D eigenvalue weighted by Crippen LogP contribution is -2.26. The molecule has 1 aromatic rings. The van der Waals surface area contributed by atoms with Crippen LogP contribution in [0.15, 0.2) is 22.7 Å². The number of nitrogens with one attached hydrogen (secondary N) is 1. The summed E-state index contributed by atoms with van der Waals surface area (Å²) >= 11 is 3.08. The van der Waals surface area contributed by atoms with Crippen molar-refractivity contribution in [1.82, 2.24) is 5.32 Å². The molecule has 1 aromatic carbocycles. The predicted molar refractivity (Wildman–Crippen MR) is 80.8 cm³/mol. The molecule has 0 radical (unpaired) electrons. The van der Waals surface area contributed by atoms with Crippen LogP contribution in [0.2, 0.25) is 0 Å². The second-order valence-electron chi connectivity index (χ2n) is 4.92. The van der Waals surface area contributed by atoms with E-state index in [1.807, 2.05) is 0 Å². The molecule has 1 amide bonds. The highest BCUT2D eigenvalue weighted by Gasteiger charge is 2.15. The second kappa shape index (κ2) is 8.46. The zero-order chi connectivity index (χ0) is 15.1. The topological polar surface area (TPSA) is 47.6 Å². The number of halogens is 2. The zero-order valence-corrected chi connectivity index (χ0v) is 13.3. The molecule has 0 aromatic heterocycles. The van der Waals surface area contributed by atoms with Crippen LogP contribution in [0, 0.1) is 5.82 Å². The molecule has 0 bridgehead atoms. The van der Waals surface area contributed by atoms with E-state index >= 15 is 0 Å². The highest BCUT2D eigenvalue weighted by molar-refractivity contribution is 9.10. The molecule has 1 atom stereocenters. The summed E-state index contributed by atoms with van der Waals surface area (Å²) in [5, 5.41) is 2.75. The Balaban J connectivity index is 1.61. The van der Waals surface area contributed by atoms with E-state index in [0.29, 0.717) is 31.7 Å². The standard InChI is InChI=1S/C15H19BrFNO3/c16-14-12(5-1-6-13(14)17)15(19)18-7-3-8-20-10-11-4-2-9-21-11/h1,5-6,11H,2-4,7-10H2,(H,18,19). The molecule has 0 spiro atoms. The number of hydrogen-bond acceptors (Lipinski definition) is 3. The van der Waals surface area contributed by atoms with Gasteiger partial charge in [-0.25, -0.2) is 4.39 Å². The minimum Gasteiger partial charge on any atom is -0.379 e. The molecule has 1 aliphatic rings. The van der Waals surface area contributed by atoms with E-state index in [0.717, 1.165) is 19.4 Å². The molecule has 0 saturated carbocycles. The van der Waals surface area contributed by atoms with Crippen LogP contribution in [-0.2, 0) is 9.47 Å². The fraction of sp³-hybridized carbons (Fsp3) is 0.533. The zero-order valence-electron chi connectivity index (χ0n) is 11.7. The molecule has 116 valence electrons. The molecular weight excluding hydrogens is 341 g/mol. The maximum atomic E-state index is 13.3. The average molecular weight is 360 g/mol. The van der Waals surface area contributed by atoms with Crippen molar-refractivity contribution in [3.8, 4) is 0 Å². The highest BCUT2D eigenvalue weighted by Crippen LogP contribution is 2.20. The van der Waals surface area contributed by atoms with Gasteiger partial charge in [0, 0.05) is 19.8 Å². The van der Waals surface area contributed by atoms with E-state index in [1.54, 1.807) is 6.07 Å². The Hall–Kier alpha value is -0.980. The largest absolute Gasteiger partial charge is 0.379 e. The summed E-state index contributed by atoms with van der Waals surface area (Å²) in [6.07, 6.45) is 3.10. The van der Waals surface area contributed by atoms with Gasteiger partial charge in [0.1, 0.15) is 5.82 Å². The summed E-state index contributed by atoms with van der Waals surface area (Å²) < 4.78 is 24.5. The third kappa shape index (κ3) is 5.05. The lowest BCUT2D eigenvalue weighted by atomic mass is 10.2. The van der Waals surface area contributed by atoms with Crippen LogP contribution in [0.1, 0.15) is 29.6 Å². The van der Waals surface area contributed by atoms with Gasteiger partial charge in [0.05, 0.1) is 22.7 Å². The number of carbonyl (C=O) groups excluding carboxylic acids is 1. The van der Waals surface area contributed by atoms with Crippen molar-refractivity contribution in [3.05, 3.63) is 34.1 Å². The average Bonchev–Trinajstić information content (AvgIpc) is 2.98. The lowest BCUT2D eigenvalue weighted by Gasteiger charge is -2.10. The number of carbonyl (C=O) groups is 1. The van der Waals surface area contributed by atoms with Crippen molar-refractivity contribution < 1.29 is 18.7 Å². The number of benzene rings is 1. The fourth-order valence-electron chi connectivity index (χ4n) is 2.14. The van der Waals surface area contributed by atoms with Gasteiger partial charge in [-0.1, -0.05) is 6.07 Å². The Morgan fingerprint density at radius 3 is 3.14 bits per heavy atom. The van der Waals surface area contributed by atoms with Crippen LogP contribution in [-0.4, -0.2) is 38.4 Å². The van der Waals surface area contributed by atoms with Gasteiger partial charge in [-0.05, 0) is 47.3 Å². The van der Waals surface area contributed by atoms with Crippen molar-refractivity contribution in [2.24, 2.45) is 0 Å². The Morgan fingerprint density at radius 1 is 1.52 bits per heavy atom. The van der Waals surface area contributed by atoms with E-state index in [2.05, 4.69) is 21.2 Å². The lowest BCUT2D eigenvalue weighted by molar-refractivity contribution is 0.0166. The summed E-state index contributed by atoms with van der Waals surface area (Å²) in [5.41, 5.74) is 0.301. The van der Waals surface area contributed by atoms with Crippen LogP contribution in [0.5, 0.6) is 0 Å². The van der Waals surface area contributed by atoms with Gasteiger partial charge in [0.15, 0.2) is 0 Å². The molecule has 2 rings (SSSR count). The maximum absolute atomic E-state index is 13.3. The first-order chi connectivity index (χ1) is 10.2. The Morgan fingerprint density at radius 2 is 2.38 bits per heavy atom. The van der Waals surface area contributed by atoms with Crippen LogP contribution in [0.4, 0.5) is 4.39 Å². The molecule has 21 heavy (non-hydrogen) atoms. The first-order valence-electron chi connectivity index (χ1n) is 7.10. The molecule has 6 heteroatoms. The van der Waals surface area contributed by atoms with E-state index in [-0.39, 0.29) is 16.5 Å². The monoisotopic (exact) mass is 359 g/mol. The highest BCUT2D eigenvalue weighted by atomic mass is 79.9. The summed E-state index contributed by atoms with van der Waals surface area (Å²) in [4.78, 5) is 11.9. The number of rotatable bonds is 7. The number of hydrogen-bond donors (Lipinski definition) is 1. The SMILES string of the molecule is O=C(NCCCOCC1CCCO1)c1cccc(F)c1Br. The predicted octanol–water partition coefficient (Wildman–Crippen LogP) is 2.90. The maximum Gasteiger partial charge on any atom is 0.252 e. The molecule has 1 heterocycles. The van der Waals surface area contributed by atoms with Crippen molar-refractivity contribution in [2.45, 2.75) is 25.4 Å². The van der Waals surface area contributed by atoms with Crippen LogP contribution in [0.25, 0.3) is 0 Å². The fourth-order valence-corrected chi connectivity index (χ4v) is 2.59. The first kappa shape index (κ1) is 16.4. The minimum atomic E-state index is -0.442. The third-order valence-corrected chi connectivity index (χ3v) is 4.08. The Kier molecular flexibility index (Phi) is 6.60. The Bertz CT molecular complexity index is 478. The molecular formula is C15H19BrFNO3. The summed E-state index contributed by atoms with van der Waals surface area (Å²) in [5.74, 6) is -0.733. The van der Waals surface area contributed by atoms with E-state index in [1.165, 1.54) is 12.1 Å². The molecule has 4 nitrogen and oxygen atoms in total. The Labute approximate surface area is 132 Å². The number of amides is 1. The molecule has 1 aliphatic heterocycles. The third-order valence-electron chi connectivity index (χ3n) is 3.27. The van der Waals surface area contributed by atoms with Gasteiger partial charge in [0.25, 0.3) is 5.91 Å². The normalized spacial score (nSPS) is 17.9. The van der Waals surface area contributed by atoms with E-state index < -0.39 is 5.82 Å². The summed E-state index contributed by atoms with van der Waals surface area (Å²) in [7, 11) is 0. The van der Waals surface area contributed by atoms with Gasteiger partial charge >= 0.3 is 0 Å². The van der Waals surface area contributed by atoms with Crippen LogP contribution in [0.3, 0.4) is 0 Å². The van der Waals surface area contributed by atoms with Gasteiger partial charge < -0.3 is 14.8 Å². The smallest absolute Gasteiger partial charge is 0.252 e. The molecule has 1 unspecified atom stereocenters. The van der Waals surface area contributed by atoms with E-state index in [9.17, 15) is 9.18 Å². The van der Waals surface area contributed by atoms with Gasteiger partial charge in [-0.15, -0.1) is 0 Å². The van der Waals surface area contributed by atoms with Crippen molar-refractivity contribution in [2.75, 3.05) is 26.4 Å².